The second-order valence-electron chi connectivity index (χ2n) is 8.20. The first-order valence-corrected chi connectivity index (χ1v) is 10.8. The zero-order valence-electron chi connectivity index (χ0n) is 17.9. The van der Waals surface area contributed by atoms with E-state index in [9.17, 15) is 4.79 Å². The summed E-state index contributed by atoms with van der Waals surface area (Å²) in [6.07, 6.45) is 6.54. The van der Waals surface area contributed by atoms with Gasteiger partial charge in [-0.25, -0.2) is 0 Å². The van der Waals surface area contributed by atoms with Crippen LogP contribution in [0, 0.1) is 5.92 Å². The number of morpholine rings is 1. The third kappa shape index (κ3) is 9.07. The molecule has 1 N–H and O–H groups in total. The van der Waals surface area contributed by atoms with E-state index in [4.69, 9.17) is 9.47 Å². The van der Waals surface area contributed by atoms with E-state index < -0.39 is 0 Å². The van der Waals surface area contributed by atoms with Gasteiger partial charge >= 0.3 is 0 Å². The molecule has 1 fully saturated rings. The topological polar surface area (TPSA) is 50.8 Å². The van der Waals surface area contributed by atoms with Crippen molar-refractivity contribution in [3.05, 3.63) is 29.8 Å². The maximum atomic E-state index is 11.2. The Morgan fingerprint density at radius 1 is 1.21 bits per heavy atom. The van der Waals surface area contributed by atoms with E-state index in [2.05, 4.69) is 48.3 Å². The van der Waals surface area contributed by atoms with E-state index in [-0.39, 0.29) is 5.91 Å². The fraction of sp³-hybridized carbons (Fsp3) is 0.696. The van der Waals surface area contributed by atoms with Crippen LogP contribution in [-0.2, 0) is 16.1 Å². The van der Waals surface area contributed by atoms with Gasteiger partial charge in [-0.3, -0.25) is 9.69 Å². The molecule has 2 rings (SSSR count). The summed E-state index contributed by atoms with van der Waals surface area (Å²) in [6, 6.07) is 8.50. The largest absolute Gasteiger partial charge is 0.493 e. The van der Waals surface area contributed by atoms with E-state index >= 15 is 0 Å². The highest BCUT2D eigenvalue weighted by molar-refractivity contribution is 5.75. The molecule has 158 valence electrons. The van der Waals surface area contributed by atoms with Crippen LogP contribution >= 0.6 is 0 Å². The second-order valence-corrected chi connectivity index (χ2v) is 8.20. The molecule has 5 heteroatoms. The molecule has 1 amide bonds. The first-order valence-electron chi connectivity index (χ1n) is 10.8. The van der Waals surface area contributed by atoms with Gasteiger partial charge in [-0.2, -0.15) is 0 Å². The number of nitrogens with zero attached hydrogens (tertiary/aromatic N) is 1. The summed E-state index contributed by atoms with van der Waals surface area (Å²) in [4.78, 5) is 13.7. The molecular formula is C23H38N2O3. The van der Waals surface area contributed by atoms with Crippen molar-refractivity contribution in [2.45, 2.75) is 65.0 Å². The van der Waals surface area contributed by atoms with E-state index in [0.29, 0.717) is 18.4 Å². The fourth-order valence-electron chi connectivity index (χ4n) is 3.45. The lowest BCUT2D eigenvalue weighted by Gasteiger charge is -2.33. The summed E-state index contributed by atoms with van der Waals surface area (Å²) < 4.78 is 11.7. The average Bonchev–Trinajstić information content (AvgIpc) is 2.70. The van der Waals surface area contributed by atoms with Crippen LogP contribution in [0.15, 0.2) is 24.3 Å². The standard InChI is InChI=1S/C23H38N2O3/c1-19(2)18-28-21-12-10-20(11-13-21)16-25-14-15-27-22(17-25)8-6-4-5-7-9-23(26)24-3/h10-13,19,22H,4-9,14-18H2,1-3H3,(H,24,26). The van der Waals surface area contributed by atoms with E-state index in [0.717, 1.165) is 57.9 Å². The summed E-state index contributed by atoms with van der Waals surface area (Å²) >= 11 is 0. The first-order chi connectivity index (χ1) is 13.6. The molecule has 0 aliphatic carbocycles. The summed E-state index contributed by atoms with van der Waals surface area (Å²) in [5, 5.41) is 2.67. The lowest BCUT2D eigenvalue weighted by Crippen LogP contribution is -2.41. The van der Waals surface area contributed by atoms with Gasteiger partial charge in [-0.1, -0.05) is 45.2 Å². The number of benzene rings is 1. The minimum absolute atomic E-state index is 0.144. The molecule has 0 bridgehead atoms. The Balaban J connectivity index is 1.63. The van der Waals surface area contributed by atoms with Crippen LogP contribution in [0.1, 0.15) is 57.9 Å². The van der Waals surface area contributed by atoms with Gasteiger partial charge in [0, 0.05) is 33.1 Å². The predicted octanol–water partition coefficient (Wildman–Crippen LogP) is 4.01. The van der Waals surface area contributed by atoms with Crippen molar-refractivity contribution in [3.8, 4) is 5.75 Å². The number of hydrogen-bond donors (Lipinski definition) is 1. The van der Waals surface area contributed by atoms with Crippen LogP contribution in [0.25, 0.3) is 0 Å². The molecule has 1 aliphatic heterocycles. The molecule has 1 atom stereocenters. The quantitative estimate of drug-likeness (QED) is 0.548. The highest BCUT2D eigenvalue weighted by Gasteiger charge is 2.20. The third-order valence-electron chi connectivity index (χ3n) is 5.09. The van der Waals surface area contributed by atoms with Gasteiger partial charge in [0.1, 0.15) is 5.75 Å². The molecule has 0 aromatic heterocycles. The molecular weight excluding hydrogens is 352 g/mol. The Morgan fingerprint density at radius 2 is 1.96 bits per heavy atom. The number of ether oxygens (including phenoxy) is 2. The maximum Gasteiger partial charge on any atom is 0.219 e. The van der Waals surface area contributed by atoms with Crippen molar-refractivity contribution < 1.29 is 14.3 Å². The van der Waals surface area contributed by atoms with Gasteiger partial charge in [0.2, 0.25) is 5.91 Å². The van der Waals surface area contributed by atoms with E-state index in [1.165, 1.54) is 18.4 Å². The van der Waals surface area contributed by atoms with Crippen LogP contribution in [-0.4, -0.2) is 50.3 Å². The van der Waals surface area contributed by atoms with Crippen molar-refractivity contribution in [1.82, 2.24) is 10.2 Å². The number of unbranched alkanes of at least 4 members (excludes halogenated alkanes) is 3. The molecule has 0 radical (unpaired) electrons. The lowest BCUT2D eigenvalue weighted by atomic mass is 10.1. The Morgan fingerprint density at radius 3 is 2.68 bits per heavy atom. The van der Waals surface area contributed by atoms with Gasteiger partial charge in [0.05, 0.1) is 19.3 Å². The average molecular weight is 391 g/mol. The van der Waals surface area contributed by atoms with Crippen LogP contribution in [0.5, 0.6) is 5.75 Å². The van der Waals surface area contributed by atoms with E-state index in [1.807, 2.05) is 0 Å². The number of carbonyl (C=O) groups is 1. The molecule has 28 heavy (non-hydrogen) atoms. The Kier molecular flexibility index (Phi) is 10.4. The predicted molar refractivity (Wildman–Crippen MR) is 114 cm³/mol. The lowest BCUT2D eigenvalue weighted by molar-refractivity contribution is -0.120. The molecule has 0 spiro atoms. The third-order valence-corrected chi connectivity index (χ3v) is 5.09. The molecule has 1 heterocycles. The Bertz CT molecular complexity index is 559. The molecule has 1 aliphatic rings. The summed E-state index contributed by atoms with van der Waals surface area (Å²) in [6.45, 7) is 8.87. The van der Waals surface area contributed by atoms with Crippen molar-refractivity contribution in [3.63, 3.8) is 0 Å². The minimum atomic E-state index is 0.144. The molecule has 5 nitrogen and oxygen atoms in total. The zero-order chi connectivity index (χ0) is 20.2. The number of carbonyl (C=O) groups excluding carboxylic acids is 1. The van der Waals surface area contributed by atoms with Crippen LogP contribution < -0.4 is 10.1 Å². The van der Waals surface area contributed by atoms with Crippen molar-refractivity contribution in [2.24, 2.45) is 5.92 Å². The Hall–Kier alpha value is -1.59. The van der Waals surface area contributed by atoms with Gasteiger partial charge in [0.25, 0.3) is 0 Å². The van der Waals surface area contributed by atoms with Crippen molar-refractivity contribution >= 4 is 5.91 Å². The maximum absolute atomic E-state index is 11.2. The monoisotopic (exact) mass is 390 g/mol. The highest BCUT2D eigenvalue weighted by Crippen LogP contribution is 2.18. The summed E-state index contributed by atoms with van der Waals surface area (Å²) in [5.74, 6) is 1.64. The van der Waals surface area contributed by atoms with Crippen LogP contribution in [0.3, 0.4) is 0 Å². The summed E-state index contributed by atoms with van der Waals surface area (Å²) in [5.41, 5.74) is 1.33. The Labute approximate surface area is 170 Å². The van der Waals surface area contributed by atoms with Crippen LogP contribution in [0.4, 0.5) is 0 Å². The number of rotatable bonds is 12. The van der Waals surface area contributed by atoms with Gasteiger partial charge in [-0.15, -0.1) is 0 Å². The smallest absolute Gasteiger partial charge is 0.219 e. The molecule has 1 aromatic carbocycles. The molecule has 0 saturated carbocycles. The number of hydrogen-bond acceptors (Lipinski definition) is 4. The second kappa shape index (κ2) is 12.8. The van der Waals surface area contributed by atoms with Crippen LogP contribution in [0.2, 0.25) is 0 Å². The molecule has 1 unspecified atom stereocenters. The number of nitrogens with one attached hydrogen (secondary N) is 1. The number of amides is 1. The SMILES string of the molecule is CNC(=O)CCCCCCC1CN(Cc2ccc(OCC(C)C)cc2)CCO1. The fourth-order valence-corrected chi connectivity index (χ4v) is 3.45. The van der Waals surface area contributed by atoms with Gasteiger partial charge in [-0.05, 0) is 36.5 Å². The van der Waals surface area contributed by atoms with Crippen molar-refractivity contribution in [2.75, 3.05) is 33.4 Å². The minimum Gasteiger partial charge on any atom is -0.493 e. The van der Waals surface area contributed by atoms with E-state index in [1.54, 1.807) is 7.05 Å². The van der Waals surface area contributed by atoms with Crippen molar-refractivity contribution in [1.29, 1.82) is 0 Å². The van der Waals surface area contributed by atoms with Gasteiger partial charge in [0.15, 0.2) is 0 Å². The normalized spacial score (nSPS) is 17.6. The highest BCUT2D eigenvalue weighted by atomic mass is 16.5. The zero-order valence-corrected chi connectivity index (χ0v) is 17.9. The molecule has 1 aromatic rings. The van der Waals surface area contributed by atoms with Gasteiger partial charge < -0.3 is 14.8 Å². The first kappa shape index (κ1) is 22.7. The molecule has 1 saturated heterocycles. The summed E-state index contributed by atoms with van der Waals surface area (Å²) in [7, 11) is 1.70.